The largest absolute Gasteiger partial charge is 0.465 e. The summed E-state index contributed by atoms with van der Waals surface area (Å²) >= 11 is 0. The highest BCUT2D eigenvalue weighted by Crippen LogP contribution is 2.14. The lowest BCUT2D eigenvalue weighted by Crippen LogP contribution is -2.31. The highest BCUT2D eigenvalue weighted by Gasteiger charge is 2.16. The molecule has 2 N–H and O–H groups in total. The van der Waals surface area contributed by atoms with E-state index in [-0.39, 0.29) is 11.6 Å². The minimum Gasteiger partial charge on any atom is -0.465 e. The van der Waals surface area contributed by atoms with Crippen molar-refractivity contribution in [1.82, 2.24) is 10.2 Å². The number of rotatable bonds is 8. The normalized spacial score (nSPS) is 11.0. The summed E-state index contributed by atoms with van der Waals surface area (Å²) < 4.78 is 5.29. The van der Waals surface area contributed by atoms with Crippen LogP contribution in [0, 0.1) is 0 Å². The average molecular weight is 431 g/mol. The van der Waals surface area contributed by atoms with Crippen LogP contribution in [0.5, 0.6) is 0 Å². The summed E-state index contributed by atoms with van der Waals surface area (Å²) in [6, 6.07) is 18.6. The zero-order valence-corrected chi connectivity index (χ0v) is 18.0. The Morgan fingerprint density at radius 3 is 2.16 bits per heavy atom. The molecule has 3 rings (SSSR count). The molecule has 2 aromatic carbocycles. The quantitative estimate of drug-likeness (QED) is 0.524. The van der Waals surface area contributed by atoms with Gasteiger partial charge in [-0.25, -0.2) is 0 Å². The first-order valence-corrected chi connectivity index (χ1v) is 10.3. The molecule has 0 unspecified atom stereocenters. The lowest BCUT2D eigenvalue weighted by Gasteiger charge is -2.18. The number of hydrogen-bond acceptors (Lipinski definition) is 4. The van der Waals surface area contributed by atoms with E-state index in [2.05, 4.69) is 10.6 Å². The number of furan rings is 1. The van der Waals surface area contributed by atoms with Gasteiger partial charge in [-0.05, 0) is 62.4 Å². The number of benzene rings is 2. The fourth-order valence-corrected chi connectivity index (χ4v) is 3.05. The van der Waals surface area contributed by atoms with Gasteiger partial charge in [-0.3, -0.25) is 14.4 Å². The van der Waals surface area contributed by atoms with Crippen molar-refractivity contribution in [3.8, 4) is 0 Å². The average Bonchev–Trinajstić information content (AvgIpc) is 3.33. The molecule has 0 saturated heterocycles. The van der Waals surface area contributed by atoms with Gasteiger partial charge >= 0.3 is 0 Å². The van der Waals surface area contributed by atoms with Gasteiger partial charge in [0.25, 0.3) is 17.7 Å². The Morgan fingerprint density at radius 2 is 1.56 bits per heavy atom. The van der Waals surface area contributed by atoms with E-state index in [0.717, 1.165) is 0 Å². The van der Waals surface area contributed by atoms with E-state index in [9.17, 15) is 14.4 Å². The first-order valence-electron chi connectivity index (χ1n) is 10.3. The van der Waals surface area contributed by atoms with Crippen LogP contribution in [-0.4, -0.2) is 35.7 Å². The predicted octanol–water partition coefficient (Wildman–Crippen LogP) is 4.17. The first-order chi connectivity index (χ1) is 15.5. The molecule has 0 aliphatic carbocycles. The highest BCUT2D eigenvalue weighted by atomic mass is 16.3. The number of carbonyl (C=O) groups excluding carboxylic acids is 3. The van der Waals surface area contributed by atoms with Crippen molar-refractivity contribution in [2.45, 2.75) is 13.8 Å². The SMILES string of the molecule is CCN(CC)C(=O)c1ccc(NC(=O)C(=Cc2ccco2)NC(=O)c2ccccc2)cc1. The summed E-state index contributed by atoms with van der Waals surface area (Å²) in [7, 11) is 0. The summed E-state index contributed by atoms with van der Waals surface area (Å²) in [6.07, 6.45) is 2.93. The molecule has 1 heterocycles. The minimum absolute atomic E-state index is 0.0251. The van der Waals surface area contributed by atoms with E-state index in [1.54, 1.807) is 71.6 Å². The van der Waals surface area contributed by atoms with Crippen LogP contribution in [0.1, 0.15) is 40.3 Å². The molecule has 0 aliphatic rings. The van der Waals surface area contributed by atoms with Gasteiger partial charge < -0.3 is 20.0 Å². The van der Waals surface area contributed by atoms with E-state index >= 15 is 0 Å². The molecule has 0 radical (unpaired) electrons. The van der Waals surface area contributed by atoms with Crippen LogP contribution < -0.4 is 10.6 Å². The summed E-state index contributed by atoms with van der Waals surface area (Å²) in [5.41, 5.74) is 1.47. The third-order valence-electron chi connectivity index (χ3n) is 4.80. The summed E-state index contributed by atoms with van der Waals surface area (Å²) in [5, 5.41) is 5.39. The van der Waals surface area contributed by atoms with Crippen LogP contribution >= 0.6 is 0 Å². The second-order valence-corrected chi connectivity index (χ2v) is 6.90. The predicted molar refractivity (Wildman–Crippen MR) is 123 cm³/mol. The van der Waals surface area contributed by atoms with Crippen LogP contribution in [0.15, 0.2) is 83.1 Å². The van der Waals surface area contributed by atoms with Crippen LogP contribution in [-0.2, 0) is 4.79 Å². The van der Waals surface area contributed by atoms with Crippen molar-refractivity contribution in [3.63, 3.8) is 0 Å². The number of amides is 3. The van der Waals surface area contributed by atoms with Crippen molar-refractivity contribution in [1.29, 1.82) is 0 Å². The molecule has 0 spiro atoms. The van der Waals surface area contributed by atoms with Gasteiger partial charge in [0.1, 0.15) is 11.5 Å². The van der Waals surface area contributed by atoms with Gasteiger partial charge in [0.2, 0.25) is 0 Å². The smallest absolute Gasteiger partial charge is 0.272 e. The molecule has 3 amide bonds. The van der Waals surface area contributed by atoms with Gasteiger partial charge in [-0.15, -0.1) is 0 Å². The monoisotopic (exact) mass is 431 g/mol. The van der Waals surface area contributed by atoms with E-state index in [4.69, 9.17) is 4.42 Å². The standard InChI is InChI=1S/C25H25N3O4/c1-3-28(4-2)25(31)19-12-14-20(15-13-19)26-24(30)22(17-21-11-8-16-32-21)27-23(29)18-9-6-5-7-10-18/h5-17H,3-4H2,1-2H3,(H,26,30)(H,27,29). The summed E-state index contributed by atoms with van der Waals surface area (Å²) in [4.78, 5) is 39.7. The van der Waals surface area contributed by atoms with E-state index in [0.29, 0.717) is 35.7 Å². The highest BCUT2D eigenvalue weighted by molar-refractivity contribution is 6.10. The molecule has 32 heavy (non-hydrogen) atoms. The molecule has 0 aliphatic heterocycles. The third-order valence-corrected chi connectivity index (χ3v) is 4.80. The van der Waals surface area contributed by atoms with Crippen LogP contribution in [0.2, 0.25) is 0 Å². The maximum Gasteiger partial charge on any atom is 0.272 e. The Bertz CT molecular complexity index is 1080. The Balaban J connectivity index is 1.76. The number of nitrogens with zero attached hydrogens (tertiary/aromatic N) is 1. The Hall–Kier alpha value is -4.13. The molecule has 3 aromatic rings. The molecular weight excluding hydrogens is 406 g/mol. The first kappa shape index (κ1) is 22.6. The number of nitrogens with one attached hydrogen (secondary N) is 2. The summed E-state index contributed by atoms with van der Waals surface area (Å²) in [5.74, 6) is -0.586. The van der Waals surface area contributed by atoms with Gasteiger partial charge in [0, 0.05) is 36.0 Å². The Kier molecular flexibility index (Phi) is 7.59. The lowest BCUT2D eigenvalue weighted by atomic mass is 10.1. The van der Waals surface area contributed by atoms with Crippen molar-refractivity contribution in [2.75, 3.05) is 18.4 Å². The molecule has 7 heteroatoms. The van der Waals surface area contributed by atoms with Gasteiger partial charge in [0.15, 0.2) is 0 Å². The molecule has 7 nitrogen and oxygen atoms in total. The van der Waals surface area contributed by atoms with E-state index < -0.39 is 11.8 Å². The second-order valence-electron chi connectivity index (χ2n) is 6.90. The molecule has 1 aromatic heterocycles. The molecule has 0 saturated carbocycles. The number of carbonyl (C=O) groups is 3. The zero-order chi connectivity index (χ0) is 22.9. The third kappa shape index (κ3) is 5.72. The van der Waals surface area contributed by atoms with Gasteiger partial charge in [-0.1, -0.05) is 18.2 Å². The maximum atomic E-state index is 12.9. The molecule has 0 atom stereocenters. The van der Waals surface area contributed by atoms with Crippen molar-refractivity contribution in [2.24, 2.45) is 0 Å². The fourth-order valence-electron chi connectivity index (χ4n) is 3.05. The lowest BCUT2D eigenvalue weighted by molar-refractivity contribution is -0.113. The van der Waals surface area contributed by atoms with E-state index in [1.165, 1.54) is 12.3 Å². The van der Waals surface area contributed by atoms with Crippen molar-refractivity contribution < 1.29 is 18.8 Å². The maximum absolute atomic E-state index is 12.9. The molecule has 0 fully saturated rings. The zero-order valence-electron chi connectivity index (χ0n) is 18.0. The van der Waals surface area contributed by atoms with Crippen LogP contribution in [0.4, 0.5) is 5.69 Å². The topological polar surface area (TPSA) is 91.7 Å². The van der Waals surface area contributed by atoms with Crippen molar-refractivity contribution >= 4 is 29.5 Å². The minimum atomic E-state index is -0.520. The summed E-state index contributed by atoms with van der Waals surface area (Å²) in [6.45, 7) is 5.09. The van der Waals surface area contributed by atoms with Crippen molar-refractivity contribution in [3.05, 3.63) is 95.6 Å². The molecule has 0 bridgehead atoms. The number of hydrogen-bond donors (Lipinski definition) is 2. The van der Waals surface area contributed by atoms with Crippen LogP contribution in [0.25, 0.3) is 6.08 Å². The Morgan fingerprint density at radius 1 is 0.875 bits per heavy atom. The fraction of sp³-hybridized carbons (Fsp3) is 0.160. The van der Waals surface area contributed by atoms with Crippen LogP contribution in [0.3, 0.4) is 0 Å². The van der Waals surface area contributed by atoms with Gasteiger partial charge in [0.05, 0.1) is 6.26 Å². The number of anilines is 1. The molecular formula is C25H25N3O4. The molecule has 164 valence electrons. The second kappa shape index (κ2) is 10.8. The Labute approximate surface area is 186 Å². The van der Waals surface area contributed by atoms with E-state index in [1.807, 2.05) is 13.8 Å². The van der Waals surface area contributed by atoms with Gasteiger partial charge in [-0.2, -0.15) is 0 Å².